The van der Waals surface area contributed by atoms with Crippen molar-refractivity contribution >= 4 is 28.4 Å². The Bertz CT molecular complexity index is 905. The third-order valence-corrected chi connectivity index (χ3v) is 4.73. The number of rotatable bonds is 2. The second-order valence-corrected chi connectivity index (χ2v) is 6.61. The summed E-state index contributed by atoms with van der Waals surface area (Å²) in [6.45, 7) is 11.8. The third-order valence-electron chi connectivity index (χ3n) is 4.73. The number of aryl methyl sites for hydroxylation is 4. The molecule has 0 unspecified atom stereocenters. The molecule has 2 radical (unpaired) electrons. The molecule has 30 heavy (non-hydrogen) atoms. The maximum atomic E-state index is 3.06. The van der Waals surface area contributed by atoms with Gasteiger partial charge in [-0.3, -0.25) is 9.41 Å². The Morgan fingerprint density at radius 2 is 1.03 bits per heavy atom. The van der Waals surface area contributed by atoms with Crippen LogP contribution in [-0.2, 0) is 36.2 Å². The average molecular weight is 504 g/mol. The molecule has 0 saturated heterocycles. The van der Waals surface area contributed by atoms with Crippen LogP contribution in [-0.4, -0.2) is 6.88 Å². The molecule has 0 aromatic heterocycles. The maximum absolute atomic E-state index is 3.06. The fourth-order valence-electron chi connectivity index (χ4n) is 3.52. The van der Waals surface area contributed by atoms with Gasteiger partial charge in [0.2, 0.25) is 0 Å². The molecule has 4 aromatic rings. The molecule has 0 spiro atoms. The monoisotopic (exact) mass is 502 g/mol. The van der Waals surface area contributed by atoms with E-state index in [-0.39, 0.29) is 24.3 Å². The Morgan fingerprint density at radius 1 is 0.700 bits per heavy atom. The molecule has 0 heterocycles. The predicted molar refractivity (Wildman–Crippen MR) is 131 cm³/mol. The van der Waals surface area contributed by atoms with Crippen LogP contribution in [0, 0.1) is 28.7 Å². The van der Waals surface area contributed by atoms with Crippen molar-refractivity contribution in [1.82, 2.24) is 0 Å². The van der Waals surface area contributed by atoms with Gasteiger partial charge in [0.25, 0.3) is 0 Å². The zero-order valence-electron chi connectivity index (χ0n) is 19.0. The summed E-state index contributed by atoms with van der Waals surface area (Å²) in [6, 6.07) is 22.1. The molecule has 0 aliphatic rings. The van der Waals surface area contributed by atoms with Gasteiger partial charge in [-0.15, -0.1) is 69.1 Å². The minimum absolute atomic E-state index is 0. The summed E-state index contributed by atoms with van der Waals surface area (Å²) < 4.78 is 0. The van der Waals surface area contributed by atoms with Crippen LogP contribution in [0.5, 0.6) is 0 Å². The van der Waals surface area contributed by atoms with Crippen LogP contribution < -0.4 is 0 Å². The van der Waals surface area contributed by atoms with Crippen LogP contribution in [0.2, 0.25) is 0 Å². The van der Waals surface area contributed by atoms with Crippen LogP contribution in [0.1, 0.15) is 36.1 Å². The average Bonchev–Trinajstić information content (AvgIpc) is 3.23. The van der Waals surface area contributed by atoms with E-state index < -0.39 is 0 Å². The number of benzene rings is 2. The molecule has 0 amide bonds. The number of fused-ring (bicyclic) bond motifs is 2. The first kappa shape index (κ1) is 33.3. The first-order chi connectivity index (χ1) is 12.6. The van der Waals surface area contributed by atoms with Crippen molar-refractivity contribution in [3.05, 3.63) is 97.8 Å². The van der Waals surface area contributed by atoms with Crippen LogP contribution in [0.3, 0.4) is 0 Å². The van der Waals surface area contributed by atoms with Crippen molar-refractivity contribution in [2.24, 2.45) is 0 Å². The quantitative estimate of drug-likeness (QED) is 0.194. The van der Waals surface area contributed by atoms with Crippen molar-refractivity contribution in [2.75, 3.05) is 0 Å². The van der Waals surface area contributed by atoms with Crippen molar-refractivity contribution in [1.29, 1.82) is 0 Å². The van der Waals surface area contributed by atoms with Gasteiger partial charge in [0, 0.05) is 0 Å². The van der Waals surface area contributed by atoms with Crippen LogP contribution in [0.15, 0.2) is 60.7 Å². The Labute approximate surface area is 198 Å². The fourth-order valence-corrected chi connectivity index (χ4v) is 3.52. The van der Waals surface area contributed by atoms with E-state index in [1.54, 1.807) is 0 Å². The van der Waals surface area contributed by atoms with Gasteiger partial charge in [-0.1, -0.05) is 51.0 Å². The molecule has 4 aromatic carbocycles. The normalized spacial score (nSPS) is 8.77. The molecular weight excluding hydrogens is 470 g/mol. The van der Waals surface area contributed by atoms with Crippen molar-refractivity contribution in [2.45, 2.75) is 40.5 Å². The molecule has 0 nitrogen and oxygen atoms in total. The van der Waals surface area contributed by atoms with Gasteiger partial charge in [0.05, 0.1) is 0 Å². The van der Waals surface area contributed by atoms with Gasteiger partial charge in [-0.25, -0.2) is 0 Å². The summed E-state index contributed by atoms with van der Waals surface area (Å²) >= 11 is 1.36. The summed E-state index contributed by atoms with van der Waals surface area (Å²) in [7, 11) is 0. The zero-order valence-corrected chi connectivity index (χ0v) is 22.5. The first-order valence-electron chi connectivity index (χ1n) is 9.17. The SMILES string of the molecule is CCc1cccc2[cH-]c(C)cc12.CCc1cccc2[cH-]c(C)cc12.F.F.[CH3-].[CH3-].[Si]=[Zr]. The minimum atomic E-state index is 0. The molecule has 4 heteroatoms. The molecule has 0 aliphatic carbocycles. The molecule has 0 aliphatic heterocycles. The van der Waals surface area contributed by atoms with E-state index in [0.29, 0.717) is 0 Å². The van der Waals surface area contributed by atoms with Crippen molar-refractivity contribution < 1.29 is 32.7 Å². The van der Waals surface area contributed by atoms with Crippen molar-refractivity contribution in [3.63, 3.8) is 0 Å². The molecule has 0 atom stereocenters. The molecule has 0 N–H and O–H groups in total. The second kappa shape index (κ2) is 16.3. The van der Waals surface area contributed by atoms with E-state index in [0.717, 1.165) is 12.8 Å². The van der Waals surface area contributed by atoms with Crippen LogP contribution in [0.25, 0.3) is 21.5 Å². The topological polar surface area (TPSA) is 0 Å². The van der Waals surface area contributed by atoms with Crippen LogP contribution >= 0.6 is 0 Å². The van der Waals surface area contributed by atoms with E-state index in [1.807, 2.05) is 0 Å². The molecule has 164 valence electrons. The predicted octanol–water partition coefficient (Wildman–Crippen LogP) is 7.68. The summed E-state index contributed by atoms with van der Waals surface area (Å²) in [5.74, 6) is 0. The van der Waals surface area contributed by atoms with Gasteiger partial charge in [-0.2, -0.15) is 12.1 Å². The summed E-state index contributed by atoms with van der Waals surface area (Å²) in [6.07, 6.45) is 2.25. The standard InChI is InChI=1S/2C12H13.2CH3.2FH.Si.Zr/c2*1-3-10-5-4-6-11-7-9(2)8-12(10)11;;;;;;/h2*4-8H,3H2,1-2H3;2*1H3;2*1H;;/q4*-1;;;;. The van der Waals surface area contributed by atoms with Gasteiger partial charge >= 0.3 is 30.2 Å². The number of halogens is 2. The Hall–Kier alpha value is -1.38. The van der Waals surface area contributed by atoms with E-state index in [9.17, 15) is 0 Å². The zero-order chi connectivity index (χ0) is 19.1. The van der Waals surface area contributed by atoms with E-state index in [1.165, 1.54) is 67.1 Å². The van der Waals surface area contributed by atoms with Crippen LogP contribution in [0.4, 0.5) is 9.41 Å². The van der Waals surface area contributed by atoms with Gasteiger partial charge in [0.15, 0.2) is 0 Å². The van der Waals surface area contributed by atoms with Gasteiger partial charge < -0.3 is 14.9 Å². The molecular formula is C26H34F2SiZr-4. The molecule has 0 bridgehead atoms. The van der Waals surface area contributed by atoms with E-state index in [2.05, 4.69) is 95.2 Å². The summed E-state index contributed by atoms with van der Waals surface area (Å²) in [5, 5.41) is 5.62. The number of hydrogen-bond donors (Lipinski definition) is 0. The van der Waals surface area contributed by atoms with E-state index in [4.69, 9.17) is 0 Å². The second-order valence-electron chi connectivity index (χ2n) is 6.61. The van der Waals surface area contributed by atoms with Gasteiger partial charge in [0.1, 0.15) is 0 Å². The summed E-state index contributed by atoms with van der Waals surface area (Å²) in [4.78, 5) is 0. The Morgan fingerprint density at radius 3 is 1.33 bits per heavy atom. The van der Waals surface area contributed by atoms with Gasteiger partial charge in [-0.05, 0) is 12.8 Å². The molecule has 4 rings (SSSR count). The summed E-state index contributed by atoms with van der Waals surface area (Å²) in [5.41, 5.74) is 5.65. The fraction of sp³-hybridized carbons (Fsp3) is 0.231. The van der Waals surface area contributed by atoms with Crippen molar-refractivity contribution in [3.8, 4) is 0 Å². The Balaban J connectivity index is -0.000000400. The van der Waals surface area contributed by atoms with E-state index >= 15 is 0 Å². The third kappa shape index (κ3) is 8.04. The first-order valence-corrected chi connectivity index (χ1v) is 13.4. The Kier molecular flexibility index (Phi) is 18.1. The number of hydrogen-bond acceptors (Lipinski definition) is 0. The molecule has 0 saturated carbocycles. The molecule has 0 fully saturated rings.